The van der Waals surface area contributed by atoms with Gasteiger partial charge in [-0.2, -0.15) is 0 Å². The van der Waals surface area contributed by atoms with Gasteiger partial charge in [0.2, 0.25) is 0 Å². The van der Waals surface area contributed by atoms with Crippen molar-refractivity contribution in [3.63, 3.8) is 0 Å². The molecule has 2 heterocycles. The molecule has 1 aliphatic rings. The molecule has 96 valence electrons. The molecule has 2 rings (SSSR count). The molecular weight excluding hydrogens is 212 g/mol. The third-order valence-corrected chi connectivity index (χ3v) is 3.72. The van der Waals surface area contributed by atoms with Crippen molar-refractivity contribution < 1.29 is 0 Å². The van der Waals surface area contributed by atoms with Crippen LogP contribution in [0.3, 0.4) is 0 Å². The quantitative estimate of drug-likeness (QED) is 0.778. The van der Waals surface area contributed by atoms with Crippen LogP contribution in [0.25, 0.3) is 0 Å². The SMILES string of the molecule is Cc1nccn1CCNCC1CCN(C)CC1. The molecule has 1 aromatic rings. The van der Waals surface area contributed by atoms with Gasteiger partial charge in [-0.3, -0.25) is 0 Å². The summed E-state index contributed by atoms with van der Waals surface area (Å²) in [5.74, 6) is 1.97. The van der Waals surface area contributed by atoms with Crippen LogP contribution >= 0.6 is 0 Å². The van der Waals surface area contributed by atoms with Gasteiger partial charge in [0.25, 0.3) is 0 Å². The predicted molar refractivity (Wildman–Crippen MR) is 70.1 cm³/mol. The average molecular weight is 236 g/mol. The molecular formula is C13H24N4. The normalized spacial score (nSPS) is 18.7. The fourth-order valence-electron chi connectivity index (χ4n) is 2.41. The van der Waals surface area contributed by atoms with E-state index in [1.54, 1.807) is 0 Å². The summed E-state index contributed by atoms with van der Waals surface area (Å²) in [6, 6.07) is 0. The fraction of sp³-hybridized carbons (Fsp3) is 0.769. The van der Waals surface area contributed by atoms with E-state index in [4.69, 9.17) is 0 Å². The molecule has 0 spiro atoms. The highest BCUT2D eigenvalue weighted by atomic mass is 15.1. The van der Waals surface area contributed by atoms with E-state index >= 15 is 0 Å². The van der Waals surface area contributed by atoms with Gasteiger partial charge < -0.3 is 14.8 Å². The van der Waals surface area contributed by atoms with Crippen molar-refractivity contribution in [1.29, 1.82) is 0 Å². The van der Waals surface area contributed by atoms with Crippen molar-refractivity contribution in [1.82, 2.24) is 19.8 Å². The Hall–Kier alpha value is -0.870. The van der Waals surface area contributed by atoms with E-state index in [0.717, 1.165) is 24.8 Å². The van der Waals surface area contributed by atoms with Crippen molar-refractivity contribution in [3.05, 3.63) is 18.2 Å². The third kappa shape index (κ3) is 3.82. The average Bonchev–Trinajstić information content (AvgIpc) is 2.73. The molecule has 17 heavy (non-hydrogen) atoms. The molecule has 0 unspecified atom stereocenters. The highest BCUT2D eigenvalue weighted by Crippen LogP contribution is 2.14. The molecule has 1 fully saturated rings. The Morgan fingerprint density at radius 2 is 2.18 bits per heavy atom. The van der Waals surface area contributed by atoms with E-state index in [-0.39, 0.29) is 0 Å². The van der Waals surface area contributed by atoms with Gasteiger partial charge >= 0.3 is 0 Å². The molecule has 4 nitrogen and oxygen atoms in total. The predicted octanol–water partition coefficient (Wildman–Crippen LogP) is 1.12. The molecule has 4 heteroatoms. The Labute approximate surface area is 104 Å². The molecule has 0 atom stereocenters. The topological polar surface area (TPSA) is 33.1 Å². The van der Waals surface area contributed by atoms with Crippen LogP contribution in [0.15, 0.2) is 12.4 Å². The molecule has 1 saturated heterocycles. The Morgan fingerprint density at radius 3 is 2.82 bits per heavy atom. The van der Waals surface area contributed by atoms with Gasteiger partial charge in [0.05, 0.1) is 0 Å². The zero-order valence-electron chi connectivity index (χ0n) is 11.0. The van der Waals surface area contributed by atoms with E-state index in [0.29, 0.717) is 0 Å². The first-order valence-electron chi connectivity index (χ1n) is 6.62. The van der Waals surface area contributed by atoms with Crippen LogP contribution in [0.5, 0.6) is 0 Å². The highest BCUT2D eigenvalue weighted by Gasteiger charge is 2.15. The van der Waals surface area contributed by atoms with E-state index in [1.165, 1.54) is 32.5 Å². The number of hydrogen-bond acceptors (Lipinski definition) is 3. The molecule has 0 bridgehead atoms. The number of rotatable bonds is 5. The van der Waals surface area contributed by atoms with Crippen LogP contribution < -0.4 is 5.32 Å². The first-order chi connectivity index (χ1) is 8.25. The molecule has 1 aromatic heterocycles. The second-order valence-electron chi connectivity index (χ2n) is 5.12. The molecule has 0 saturated carbocycles. The van der Waals surface area contributed by atoms with E-state index < -0.39 is 0 Å². The number of likely N-dealkylation sites (tertiary alicyclic amines) is 1. The summed E-state index contributed by atoms with van der Waals surface area (Å²) in [7, 11) is 2.21. The van der Waals surface area contributed by atoms with Gasteiger partial charge in [-0.1, -0.05) is 0 Å². The van der Waals surface area contributed by atoms with Gasteiger partial charge in [0, 0.05) is 25.5 Å². The molecule has 0 amide bonds. The lowest BCUT2D eigenvalue weighted by molar-refractivity contribution is 0.216. The van der Waals surface area contributed by atoms with Crippen molar-refractivity contribution in [2.24, 2.45) is 5.92 Å². The second-order valence-corrected chi connectivity index (χ2v) is 5.12. The summed E-state index contributed by atoms with van der Waals surface area (Å²) in [4.78, 5) is 6.65. The van der Waals surface area contributed by atoms with Gasteiger partial charge in [-0.15, -0.1) is 0 Å². The lowest BCUT2D eigenvalue weighted by Gasteiger charge is -2.29. The van der Waals surface area contributed by atoms with Gasteiger partial charge in [0.15, 0.2) is 0 Å². The van der Waals surface area contributed by atoms with Crippen LogP contribution in [0.1, 0.15) is 18.7 Å². The molecule has 1 aliphatic heterocycles. The van der Waals surface area contributed by atoms with Crippen LogP contribution in [-0.4, -0.2) is 47.7 Å². The number of aryl methyl sites for hydroxylation is 1. The van der Waals surface area contributed by atoms with Crippen LogP contribution in [0.2, 0.25) is 0 Å². The summed E-state index contributed by atoms with van der Waals surface area (Å²) >= 11 is 0. The number of nitrogens with zero attached hydrogens (tertiary/aromatic N) is 3. The Kier molecular flexibility index (Phi) is 4.57. The third-order valence-electron chi connectivity index (χ3n) is 3.72. The van der Waals surface area contributed by atoms with Crippen LogP contribution in [0.4, 0.5) is 0 Å². The molecule has 0 radical (unpaired) electrons. The van der Waals surface area contributed by atoms with Gasteiger partial charge in [-0.05, 0) is 52.4 Å². The Morgan fingerprint density at radius 1 is 1.41 bits per heavy atom. The number of piperidine rings is 1. The van der Waals surface area contributed by atoms with E-state index in [9.17, 15) is 0 Å². The minimum atomic E-state index is 0.870. The minimum Gasteiger partial charge on any atom is -0.334 e. The van der Waals surface area contributed by atoms with E-state index in [1.807, 2.05) is 12.4 Å². The zero-order valence-corrected chi connectivity index (χ0v) is 11.0. The van der Waals surface area contributed by atoms with Crippen molar-refractivity contribution >= 4 is 0 Å². The van der Waals surface area contributed by atoms with Crippen molar-refractivity contribution in [2.75, 3.05) is 33.2 Å². The maximum Gasteiger partial charge on any atom is 0.105 e. The minimum absolute atomic E-state index is 0.870. The summed E-state index contributed by atoms with van der Waals surface area (Å²) < 4.78 is 2.20. The number of hydrogen-bond donors (Lipinski definition) is 1. The maximum absolute atomic E-state index is 4.22. The largest absolute Gasteiger partial charge is 0.334 e. The first-order valence-corrected chi connectivity index (χ1v) is 6.62. The van der Waals surface area contributed by atoms with E-state index in [2.05, 4.69) is 33.7 Å². The number of aromatic nitrogens is 2. The number of nitrogens with one attached hydrogen (secondary N) is 1. The lowest BCUT2D eigenvalue weighted by atomic mass is 9.97. The Bertz CT molecular complexity index is 326. The molecule has 1 N–H and O–H groups in total. The summed E-state index contributed by atoms with van der Waals surface area (Å²) in [5.41, 5.74) is 0. The first kappa shape index (κ1) is 12.6. The highest BCUT2D eigenvalue weighted by molar-refractivity contribution is 4.88. The van der Waals surface area contributed by atoms with Gasteiger partial charge in [0.1, 0.15) is 5.82 Å². The Balaban J connectivity index is 1.59. The van der Waals surface area contributed by atoms with Gasteiger partial charge in [-0.25, -0.2) is 4.98 Å². The zero-order chi connectivity index (χ0) is 12.1. The molecule has 0 aromatic carbocycles. The summed E-state index contributed by atoms with van der Waals surface area (Å²) in [6.45, 7) is 7.81. The summed E-state index contributed by atoms with van der Waals surface area (Å²) in [6.07, 6.45) is 6.60. The van der Waals surface area contributed by atoms with Crippen molar-refractivity contribution in [2.45, 2.75) is 26.3 Å². The smallest absolute Gasteiger partial charge is 0.105 e. The monoisotopic (exact) mass is 236 g/mol. The number of imidazole rings is 1. The van der Waals surface area contributed by atoms with Crippen LogP contribution in [-0.2, 0) is 6.54 Å². The maximum atomic E-state index is 4.22. The fourth-order valence-corrected chi connectivity index (χ4v) is 2.41. The lowest BCUT2D eigenvalue weighted by Crippen LogP contribution is -2.35. The molecule has 0 aliphatic carbocycles. The summed E-state index contributed by atoms with van der Waals surface area (Å²) in [5, 5.41) is 3.57. The van der Waals surface area contributed by atoms with Crippen molar-refractivity contribution in [3.8, 4) is 0 Å². The standard InChI is InChI=1S/C13H24N4/c1-12-15-6-10-17(12)9-5-14-11-13-3-7-16(2)8-4-13/h6,10,13-14H,3-5,7-9,11H2,1-2H3. The van der Waals surface area contributed by atoms with Crippen LogP contribution in [0, 0.1) is 12.8 Å². The second kappa shape index (κ2) is 6.17.